The number of carbonyl (C=O) groups is 1. The Balaban J connectivity index is 1.62. The Morgan fingerprint density at radius 1 is 1.45 bits per heavy atom. The van der Waals surface area contributed by atoms with Crippen LogP contribution in [0.5, 0.6) is 0 Å². The molecule has 0 N–H and O–H groups in total. The number of hydrogen-bond acceptors (Lipinski definition) is 7. The number of thiazole rings is 1. The zero-order valence-electron chi connectivity index (χ0n) is 12.5. The van der Waals surface area contributed by atoms with Crippen LogP contribution in [0.2, 0.25) is 0 Å². The minimum absolute atomic E-state index is 0.0470. The third-order valence-electron chi connectivity index (χ3n) is 4.60. The second-order valence-electron chi connectivity index (χ2n) is 6.31. The van der Waals surface area contributed by atoms with Crippen molar-refractivity contribution >= 4 is 17.2 Å². The fourth-order valence-electron chi connectivity index (χ4n) is 3.76. The molecule has 2 aliphatic rings. The van der Waals surface area contributed by atoms with Gasteiger partial charge in [0.15, 0.2) is 5.82 Å². The predicted octanol–water partition coefficient (Wildman–Crippen LogP) is 1.01. The quantitative estimate of drug-likeness (QED) is 0.822. The molecule has 0 radical (unpaired) electrons. The minimum atomic E-state index is 0.0470. The van der Waals surface area contributed by atoms with E-state index in [4.69, 9.17) is 4.52 Å². The molecule has 1 spiro atoms. The minimum Gasteiger partial charge on any atom is -0.340 e. The molecular formula is C14H17N5O2S. The van der Waals surface area contributed by atoms with Crippen molar-refractivity contribution in [2.24, 2.45) is 5.41 Å². The van der Waals surface area contributed by atoms with E-state index in [1.807, 2.05) is 4.90 Å². The summed E-state index contributed by atoms with van der Waals surface area (Å²) in [4.78, 5) is 25.9. The Morgan fingerprint density at radius 3 is 2.86 bits per heavy atom. The molecule has 1 amide bonds. The van der Waals surface area contributed by atoms with Gasteiger partial charge in [-0.15, -0.1) is 11.3 Å². The van der Waals surface area contributed by atoms with Crippen LogP contribution in [0.3, 0.4) is 0 Å². The largest absolute Gasteiger partial charge is 0.340 e. The van der Waals surface area contributed by atoms with E-state index < -0.39 is 0 Å². The van der Waals surface area contributed by atoms with Gasteiger partial charge in [-0.25, -0.2) is 0 Å². The highest BCUT2D eigenvalue weighted by molar-refractivity contribution is 7.11. The molecule has 2 aromatic heterocycles. The van der Waals surface area contributed by atoms with Gasteiger partial charge in [0, 0.05) is 44.4 Å². The molecule has 1 atom stereocenters. The van der Waals surface area contributed by atoms with Crippen LogP contribution in [0.4, 0.5) is 0 Å². The zero-order chi connectivity index (χ0) is 15.3. The van der Waals surface area contributed by atoms with Crippen molar-refractivity contribution in [1.29, 1.82) is 0 Å². The zero-order valence-corrected chi connectivity index (χ0v) is 13.3. The molecule has 4 heterocycles. The summed E-state index contributed by atoms with van der Waals surface area (Å²) in [5.41, 5.74) is 1.74. The van der Waals surface area contributed by atoms with Gasteiger partial charge < -0.3 is 14.3 Å². The number of amides is 1. The van der Waals surface area contributed by atoms with Crippen molar-refractivity contribution in [1.82, 2.24) is 24.9 Å². The Hall–Kier alpha value is -1.80. The first-order valence-electron chi connectivity index (χ1n) is 7.24. The Bertz CT molecular complexity index is 692. The van der Waals surface area contributed by atoms with Gasteiger partial charge in [-0.2, -0.15) is 4.98 Å². The Kier molecular flexibility index (Phi) is 3.05. The molecule has 2 aliphatic heterocycles. The van der Waals surface area contributed by atoms with Crippen LogP contribution in [0.1, 0.15) is 27.3 Å². The lowest BCUT2D eigenvalue weighted by Crippen LogP contribution is -2.58. The van der Waals surface area contributed by atoms with E-state index in [1.54, 1.807) is 18.6 Å². The number of likely N-dealkylation sites (tertiary alicyclic amines) is 2. The molecule has 2 saturated heterocycles. The van der Waals surface area contributed by atoms with E-state index in [0.29, 0.717) is 17.3 Å². The van der Waals surface area contributed by atoms with E-state index in [-0.39, 0.29) is 17.2 Å². The first kappa shape index (κ1) is 13.8. The molecular weight excluding hydrogens is 302 g/mol. The molecule has 0 bridgehead atoms. The predicted molar refractivity (Wildman–Crippen MR) is 79.7 cm³/mol. The van der Waals surface area contributed by atoms with Crippen molar-refractivity contribution in [3.63, 3.8) is 0 Å². The lowest BCUT2D eigenvalue weighted by molar-refractivity contribution is 0.0158. The van der Waals surface area contributed by atoms with Gasteiger partial charge in [0.1, 0.15) is 4.88 Å². The van der Waals surface area contributed by atoms with Crippen molar-refractivity contribution in [3.8, 4) is 0 Å². The van der Waals surface area contributed by atoms with Gasteiger partial charge in [-0.05, 0) is 7.05 Å². The molecule has 0 aromatic carbocycles. The first-order chi connectivity index (χ1) is 10.6. The second-order valence-corrected chi connectivity index (χ2v) is 7.20. The summed E-state index contributed by atoms with van der Waals surface area (Å²) in [6, 6.07) is 0. The fraction of sp³-hybridized carbons (Fsp3) is 0.571. The molecule has 2 fully saturated rings. The summed E-state index contributed by atoms with van der Waals surface area (Å²) in [5.74, 6) is 1.49. The third-order valence-corrected chi connectivity index (χ3v) is 5.36. The molecule has 22 heavy (non-hydrogen) atoms. The molecule has 4 rings (SSSR count). The smallest absolute Gasteiger partial charge is 0.265 e. The van der Waals surface area contributed by atoms with Gasteiger partial charge >= 0.3 is 0 Å². The summed E-state index contributed by atoms with van der Waals surface area (Å²) in [5, 5.41) is 4.10. The number of aryl methyl sites for hydroxylation is 1. The second kappa shape index (κ2) is 4.85. The van der Waals surface area contributed by atoms with Crippen molar-refractivity contribution in [2.45, 2.75) is 12.8 Å². The van der Waals surface area contributed by atoms with E-state index >= 15 is 0 Å². The van der Waals surface area contributed by atoms with Crippen molar-refractivity contribution < 1.29 is 9.32 Å². The molecule has 0 aliphatic carbocycles. The van der Waals surface area contributed by atoms with Crippen LogP contribution in [0.15, 0.2) is 16.2 Å². The maximum atomic E-state index is 12.6. The first-order valence-corrected chi connectivity index (χ1v) is 8.12. The monoisotopic (exact) mass is 319 g/mol. The van der Waals surface area contributed by atoms with Crippen LogP contribution in [0, 0.1) is 12.3 Å². The third kappa shape index (κ3) is 2.05. The summed E-state index contributed by atoms with van der Waals surface area (Å²) >= 11 is 1.38. The topological polar surface area (TPSA) is 75.4 Å². The molecule has 116 valence electrons. The average molecular weight is 319 g/mol. The number of aromatic nitrogens is 3. The number of carbonyl (C=O) groups excluding carboxylic acids is 1. The molecule has 8 heteroatoms. The Labute approximate surface area is 131 Å². The van der Waals surface area contributed by atoms with Crippen LogP contribution in [0.25, 0.3) is 0 Å². The average Bonchev–Trinajstić information content (AvgIpc) is 3.15. The fourth-order valence-corrected chi connectivity index (χ4v) is 4.35. The standard InChI is InChI=1S/C14H17N5O2S/c1-9-16-12(17-21-9)10-4-19(7-14(10)5-18(2)6-14)13(20)11-3-15-8-22-11/h3,8,10H,4-7H2,1-2H3. The summed E-state index contributed by atoms with van der Waals surface area (Å²) in [6.07, 6.45) is 1.64. The molecule has 0 saturated carbocycles. The van der Waals surface area contributed by atoms with Crippen LogP contribution in [-0.2, 0) is 0 Å². The van der Waals surface area contributed by atoms with E-state index in [2.05, 4.69) is 27.1 Å². The van der Waals surface area contributed by atoms with Crippen molar-refractivity contribution in [2.75, 3.05) is 33.2 Å². The lowest BCUT2D eigenvalue weighted by Gasteiger charge is -2.48. The van der Waals surface area contributed by atoms with Gasteiger partial charge in [-0.3, -0.25) is 9.78 Å². The highest BCUT2D eigenvalue weighted by Gasteiger charge is 2.56. The highest BCUT2D eigenvalue weighted by atomic mass is 32.1. The summed E-state index contributed by atoms with van der Waals surface area (Å²) in [6.45, 7) is 5.09. The number of nitrogens with zero attached hydrogens (tertiary/aromatic N) is 5. The van der Waals surface area contributed by atoms with Gasteiger partial charge in [0.2, 0.25) is 5.89 Å². The van der Waals surface area contributed by atoms with Crippen LogP contribution in [-0.4, -0.2) is 64.1 Å². The SMILES string of the molecule is Cc1nc(C2CN(C(=O)c3cncs3)CC23CN(C)C3)no1. The summed E-state index contributed by atoms with van der Waals surface area (Å²) < 4.78 is 5.15. The maximum absolute atomic E-state index is 12.6. The van der Waals surface area contributed by atoms with Gasteiger partial charge in [-0.1, -0.05) is 5.16 Å². The van der Waals surface area contributed by atoms with E-state index in [0.717, 1.165) is 25.5 Å². The van der Waals surface area contributed by atoms with Crippen molar-refractivity contribution in [3.05, 3.63) is 28.3 Å². The van der Waals surface area contributed by atoms with Crippen LogP contribution < -0.4 is 0 Å². The van der Waals surface area contributed by atoms with Crippen LogP contribution >= 0.6 is 11.3 Å². The number of hydrogen-bond donors (Lipinski definition) is 0. The highest BCUT2D eigenvalue weighted by Crippen LogP contribution is 2.48. The Morgan fingerprint density at radius 2 is 2.27 bits per heavy atom. The molecule has 7 nitrogen and oxygen atoms in total. The number of rotatable bonds is 2. The molecule has 2 aromatic rings. The summed E-state index contributed by atoms with van der Waals surface area (Å²) in [7, 11) is 2.09. The van der Waals surface area contributed by atoms with E-state index in [9.17, 15) is 4.79 Å². The lowest BCUT2D eigenvalue weighted by atomic mass is 9.71. The van der Waals surface area contributed by atoms with E-state index in [1.165, 1.54) is 11.3 Å². The maximum Gasteiger partial charge on any atom is 0.265 e. The van der Waals surface area contributed by atoms with Gasteiger partial charge in [0.25, 0.3) is 5.91 Å². The van der Waals surface area contributed by atoms with Gasteiger partial charge in [0.05, 0.1) is 11.7 Å². The molecule has 1 unspecified atom stereocenters. The normalized spacial score (nSPS) is 23.9.